The van der Waals surface area contributed by atoms with Gasteiger partial charge in [-0.1, -0.05) is 20.8 Å². The van der Waals surface area contributed by atoms with Crippen LogP contribution in [0.5, 0.6) is 0 Å². The van der Waals surface area contributed by atoms with E-state index in [9.17, 15) is 5.11 Å². The average molecular weight is 253 g/mol. The van der Waals surface area contributed by atoms with Crippen LogP contribution in [0.3, 0.4) is 0 Å². The van der Waals surface area contributed by atoms with Crippen molar-refractivity contribution in [3.8, 4) is 0 Å². The van der Waals surface area contributed by atoms with Crippen LogP contribution >= 0.6 is 0 Å². The number of aromatic amines is 1. The van der Waals surface area contributed by atoms with E-state index in [1.54, 1.807) is 0 Å². The number of piperidine rings is 1. The maximum absolute atomic E-state index is 9.32. The van der Waals surface area contributed by atoms with Crippen LogP contribution in [0.2, 0.25) is 0 Å². The number of aliphatic hydroxyl groups is 1. The second-order valence-corrected chi connectivity index (χ2v) is 5.90. The Morgan fingerprint density at radius 3 is 2.89 bits per heavy atom. The average Bonchev–Trinajstić information content (AvgIpc) is 2.83. The molecule has 1 aliphatic heterocycles. The number of H-pyrrole nitrogens is 1. The third-order valence-electron chi connectivity index (χ3n) is 3.81. The number of rotatable bonds is 3. The molecule has 0 amide bonds. The van der Waals surface area contributed by atoms with E-state index in [1.807, 2.05) is 13.8 Å². The van der Waals surface area contributed by atoms with Crippen LogP contribution in [0.15, 0.2) is 0 Å². The van der Waals surface area contributed by atoms with Crippen molar-refractivity contribution in [2.24, 2.45) is 11.7 Å². The minimum absolute atomic E-state index is 0.0399. The highest BCUT2D eigenvalue weighted by Gasteiger charge is 2.28. The Morgan fingerprint density at radius 2 is 2.28 bits per heavy atom. The number of hydrogen-bond acceptors (Lipinski definition) is 5. The monoisotopic (exact) mass is 253 g/mol. The molecular formula is C12H23N5O. The van der Waals surface area contributed by atoms with Gasteiger partial charge in [0.25, 0.3) is 0 Å². The molecule has 0 aliphatic carbocycles. The molecule has 1 saturated heterocycles. The lowest BCUT2D eigenvalue weighted by atomic mass is 9.94. The Bertz CT molecular complexity index is 403. The summed E-state index contributed by atoms with van der Waals surface area (Å²) < 4.78 is 0. The van der Waals surface area contributed by atoms with Gasteiger partial charge in [-0.2, -0.15) is 4.98 Å². The maximum atomic E-state index is 9.32. The third-order valence-corrected chi connectivity index (χ3v) is 3.81. The minimum Gasteiger partial charge on any atom is -0.395 e. The van der Waals surface area contributed by atoms with E-state index in [2.05, 4.69) is 27.0 Å². The molecule has 0 aromatic carbocycles. The third kappa shape index (κ3) is 2.49. The zero-order chi connectivity index (χ0) is 13.3. The SMILES string of the molecule is CC1CCN(c2n[nH]c(C(C)(C)CO)n2)CC1N. The predicted molar refractivity (Wildman–Crippen MR) is 70.5 cm³/mol. The predicted octanol–water partition coefficient (Wildman–Crippen LogP) is 0.248. The number of anilines is 1. The van der Waals surface area contributed by atoms with Gasteiger partial charge >= 0.3 is 0 Å². The van der Waals surface area contributed by atoms with Crippen LogP contribution in [0.4, 0.5) is 5.95 Å². The fourth-order valence-corrected chi connectivity index (χ4v) is 2.05. The van der Waals surface area contributed by atoms with Gasteiger partial charge in [-0.15, -0.1) is 5.10 Å². The highest BCUT2D eigenvalue weighted by Crippen LogP contribution is 2.23. The van der Waals surface area contributed by atoms with E-state index >= 15 is 0 Å². The molecule has 1 aliphatic rings. The highest BCUT2D eigenvalue weighted by molar-refractivity contribution is 5.31. The van der Waals surface area contributed by atoms with Gasteiger partial charge in [0.15, 0.2) is 0 Å². The first-order valence-corrected chi connectivity index (χ1v) is 6.48. The number of nitrogens with zero attached hydrogens (tertiary/aromatic N) is 3. The summed E-state index contributed by atoms with van der Waals surface area (Å²) in [5.74, 6) is 1.95. The number of nitrogens with one attached hydrogen (secondary N) is 1. The Labute approximate surface area is 108 Å². The fraction of sp³-hybridized carbons (Fsp3) is 0.833. The van der Waals surface area contributed by atoms with Gasteiger partial charge in [0.1, 0.15) is 5.82 Å². The lowest BCUT2D eigenvalue weighted by Gasteiger charge is -2.34. The molecular weight excluding hydrogens is 230 g/mol. The van der Waals surface area contributed by atoms with Gasteiger partial charge in [0.05, 0.1) is 6.61 Å². The quantitative estimate of drug-likeness (QED) is 0.718. The van der Waals surface area contributed by atoms with Crippen molar-refractivity contribution in [1.82, 2.24) is 15.2 Å². The molecule has 18 heavy (non-hydrogen) atoms. The first-order chi connectivity index (χ1) is 8.44. The molecule has 0 spiro atoms. The van der Waals surface area contributed by atoms with Crippen LogP contribution in [0, 0.1) is 5.92 Å². The lowest BCUT2D eigenvalue weighted by molar-refractivity contribution is 0.212. The van der Waals surface area contributed by atoms with Crippen molar-refractivity contribution in [1.29, 1.82) is 0 Å². The molecule has 1 aromatic rings. The van der Waals surface area contributed by atoms with Crippen LogP contribution in [-0.4, -0.2) is 46.0 Å². The molecule has 1 aromatic heterocycles. The summed E-state index contributed by atoms with van der Waals surface area (Å²) in [5, 5.41) is 16.5. The van der Waals surface area contributed by atoms with E-state index in [0.29, 0.717) is 17.7 Å². The van der Waals surface area contributed by atoms with E-state index < -0.39 is 5.41 Å². The van der Waals surface area contributed by atoms with Crippen molar-refractivity contribution in [2.45, 2.75) is 38.6 Å². The summed E-state index contributed by atoms with van der Waals surface area (Å²) in [5.41, 5.74) is 5.68. The van der Waals surface area contributed by atoms with Crippen molar-refractivity contribution >= 4 is 5.95 Å². The Morgan fingerprint density at radius 1 is 1.56 bits per heavy atom. The normalized spacial score (nSPS) is 25.5. The molecule has 6 heteroatoms. The molecule has 4 N–H and O–H groups in total. The molecule has 6 nitrogen and oxygen atoms in total. The zero-order valence-corrected chi connectivity index (χ0v) is 11.3. The number of aromatic nitrogens is 3. The van der Waals surface area contributed by atoms with Gasteiger partial charge in [0, 0.05) is 24.5 Å². The van der Waals surface area contributed by atoms with Crippen molar-refractivity contribution in [3.63, 3.8) is 0 Å². The lowest BCUT2D eigenvalue weighted by Crippen LogP contribution is -2.48. The molecule has 0 bridgehead atoms. The van der Waals surface area contributed by atoms with E-state index in [0.717, 1.165) is 19.5 Å². The summed E-state index contributed by atoms with van der Waals surface area (Å²) in [6, 6.07) is 0.173. The topological polar surface area (TPSA) is 91.1 Å². The molecule has 1 fully saturated rings. The number of nitrogens with two attached hydrogens (primary N) is 1. The molecule has 0 saturated carbocycles. The standard InChI is InChI=1S/C12H23N5O/c1-8-4-5-17(6-9(8)13)11-14-10(15-16-11)12(2,3)7-18/h8-9,18H,4-7,13H2,1-3H3,(H,14,15,16). The van der Waals surface area contributed by atoms with Crippen molar-refractivity contribution in [3.05, 3.63) is 5.82 Å². The molecule has 2 unspecified atom stereocenters. The smallest absolute Gasteiger partial charge is 0.244 e. The first-order valence-electron chi connectivity index (χ1n) is 6.48. The maximum Gasteiger partial charge on any atom is 0.244 e. The summed E-state index contributed by atoms with van der Waals surface area (Å²) in [7, 11) is 0. The minimum atomic E-state index is -0.392. The van der Waals surface area contributed by atoms with E-state index in [1.165, 1.54) is 0 Å². The Kier molecular flexibility index (Phi) is 3.59. The van der Waals surface area contributed by atoms with Gasteiger partial charge < -0.3 is 15.7 Å². The largest absolute Gasteiger partial charge is 0.395 e. The van der Waals surface area contributed by atoms with Gasteiger partial charge in [-0.3, -0.25) is 5.10 Å². The molecule has 102 valence electrons. The second kappa shape index (κ2) is 4.85. The zero-order valence-electron chi connectivity index (χ0n) is 11.3. The summed E-state index contributed by atoms with van der Waals surface area (Å²) in [4.78, 5) is 6.59. The number of aliphatic hydroxyl groups excluding tert-OH is 1. The van der Waals surface area contributed by atoms with Crippen LogP contribution in [-0.2, 0) is 5.41 Å². The fourth-order valence-electron chi connectivity index (χ4n) is 2.05. The van der Waals surface area contributed by atoms with Gasteiger partial charge in [-0.05, 0) is 12.3 Å². The van der Waals surface area contributed by atoms with Gasteiger partial charge in [-0.25, -0.2) is 0 Å². The van der Waals surface area contributed by atoms with Crippen molar-refractivity contribution < 1.29 is 5.11 Å². The summed E-state index contributed by atoms with van der Waals surface area (Å²) >= 11 is 0. The van der Waals surface area contributed by atoms with Crippen molar-refractivity contribution in [2.75, 3.05) is 24.6 Å². The molecule has 2 heterocycles. The van der Waals surface area contributed by atoms with E-state index in [-0.39, 0.29) is 12.6 Å². The molecule has 2 atom stereocenters. The number of hydrogen-bond donors (Lipinski definition) is 3. The van der Waals surface area contributed by atoms with E-state index in [4.69, 9.17) is 5.73 Å². The highest BCUT2D eigenvalue weighted by atomic mass is 16.3. The molecule has 0 radical (unpaired) electrons. The molecule has 2 rings (SSSR count). The first kappa shape index (κ1) is 13.3. The van der Waals surface area contributed by atoms with Crippen LogP contribution in [0.1, 0.15) is 33.0 Å². The van der Waals surface area contributed by atoms with Crippen LogP contribution in [0.25, 0.3) is 0 Å². The Balaban J connectivity index is 2.11. The Hall–Kier alpha value is -1.14. The van der Waals surface area contributed by atoms with Gasteiger partial charge in [0.2, 0.25) is 5.95 Å². The van der Waals surface area contributed by atoms with Crippen LogP contribution < -0.4 is 10.6 Å². The summed E-state index contributed by atoms with van der Waals surface area (Å²) in [6.07, 6.45) is 1.06. The summed E-state index contributed by atoms with van der Waals surface area (Å²) in [6.45, 7) is 7.81. The second-order valence-electron chi connectivity index (χ2n) is 5.90.